The van der Waals surface area contributed by atoms with Gasteiger partial charge in [0.15, 0.2) is 0 Å². The summed E-state index contributed by atoms with van der Waals surface area (Å²) in [5.41, 5.74) is 7.34. The van der Waals surface area contributed by atoms with Gasteiger partial charge in [-0.05, 0) is 37.5 Å². The molecular weight excluding hydrogens is 270 g/mol. The maximum absolute atomic E-state index is 12.1. The standard InChI is InChI=1S/C15H21N3O3/c1-21-15(20)11-5-6-13(12(16)9-11)17-10-14(19)18-7-3-2-4-8-18/h5-6,9,17H,2-4,7-8,10,16H2,1H3. The minimum Gasteiger partial charge on any atom is -0.465 e. The van der Waals surface area contributed by atoms with Gasteiger partial charge in [0, 0.05) is 13.1 Å². The number of anilines is 2. The van der Waals surface area contributed by atoms with Gasteiger partial charge in [0.2, 0.25) is 5.91 Å². The van der Waals surface area contributed by atoms with Crippen molar-refractivity contribution in [3.8, 4) is 0 Å². The first kappa shape index (κ1) is 15.2. The van der Waals surface area contributed by atoms with Crippen LogP contribution in [-0.4, -0.2) is 43.5 Å². The smallest absolute Gasteiger partial charge is 0.337 e. The van der Waals surface area contributed by atoms with Gasteiger partial charge in [-0.2, -0.15) is 0 Å². The van der Waals surface area contributed by atoms with Crippen molar-refractivity contribution in [1.29, 1.82) is 0 Å². The van der Waals surface area contributed by atoms with Crippen LogP contribution < -0.4 is 11.1 Å². The van der Waals surface area contributed by atoms with Crippen LogP contribution in [0.25, 0.3) is 0 Å². The van der Waals surface area contributed by atoms with E-state index in [0.717, 1.165) is 25.9 Å². The number of ether oxygens (including phenoxy) is 1. The Kier molecular flexibility index (Phi) is 5.03. The summed E-state index contributed by atoms with van der Waals surface area (Å²) in [6.07, 6.45) is 3.34. The number of nitrogens with one attached hydrogen (secondary N) is 1. The monoisotopic (exact) mass is 291 g/mol. The van der Waals surface area contributed by atoms with E-state index in [4.69, 9.17) is 5.73 Å². The van der Waals surface area contributed by atoms with E-state index in [-0.39, 0.29) is 12.5 Å². The number of hydrogen-bond acceptors (Lipinski definition) is 5. The molecule has 1 aromatic carbocycles. The number of methoxy groups -OCH3 is 1. The van der Waals surface area contributed by atoms with Crippen LogP contribution in [-0.2, 0) is 9.53 Å². The number of esters is 1. The number of carbonyl (C=O) groups excluding carboxylic acids is 2. The van der Waals surface area contributed by atoms with Crippen molar-refractivity contribution in [2.24, 2.45) is 0 Å². The Morgan fingerprint density at radius 1 is 1.29 bits per heavy atom. The van der Waals surface area contributed by atoms with E-state index >= 15 is 0 Å². The second-order valence-corrected chi connectivity index (χ2v) is 5.09. The average Bonchev–Trinajstić information content (AvgIpc) is 2.53. The third kappa shape index (κ3) is 3.87. The van der Waals surface area contributed by atoms with Gasteiger partial charge in [-0.15, -0.1) is 0 Å². The molecular formula is C15H21N3O3. The van der Waals surface area contributed by atoms with Gasteiger partial charge in [-0.25, -0.2) is 4.79 Å². The largest absolute Gasteiger partial charge is 0.465 e. The van der Waals surface area contributed by atoms with Crippen LogP contribution in [0.4, 0.5) is 11.4 Å². The van der Waals surface area contributed by atoms with Crippen LogP contribution in [0, 0.1) is 0 Å². The molecule has 0 unspecified atom stereocenters. The lowest BCUT2D eigenvalue weighted by atomic mass is 10.1. The molecule has 1 aromatic rings. The predicted octanol–water partition coefficient (Wildman–Crippen LogP) is 1.48. The van der Waals surface area contributed by atoms with Gasteiger partial charge in [0.25, 0.3) is 0 Å². The Morgan fingerprint density at radius 2 is 2.00 bits per heavy atom. The quantitative estimate of drug-likeness (QED) is 0.648. The van der Waals surface area contributed by atoms with E-state index in [1.165, 1.54) is 13.5 Å². The zero-order valence-corrected chi connectivity index (χ0v) is 12.2. The lowest BCUT2D eigenvalue weighted by molar-refractivity contribution is -0.130. The molecule has 114 valence electrons. The summed E-state index contributed by atoms with van der Waals surface area (Å²) in [4.78, 5) is 25.3. The summed E-state index contributed by atoms with van der Waals surface area (Å²) >= 11 is 0. The van der Waals surface area contributed by atoms with Crippen molar-refractivity contribution in [1.82, 2.24) is 4.90 Å². The summed E-state index contributed by atoms with van der Waals surface area (Å²) in [5.74, 6) is -0.358. The molecule has 0 aliphatic carbocycles. The van der Waals surface area contributed by atoms with E-state index in [0.29, 0.717) is 16.9 Å². The van der Waals surface area contributed by atoms with Crippen LogP contribution in [0.1, 0.15) is 29.6 Å². The predicted molar refractivity (Wildman–Crippen MR) is 81.1 cm³/mol. The van der Waals surface area contributed by atoms with E-state index in [2.05, 4.69) is 10.1 Å². The molecule has 6 heteroatoms. The highest BCUT2D eigenvalue weighted by atomic mass is 16.5. The number of piperidine rings is 1. The van der Waals surface area contributed by atoms with Crippen LogP contribution in [0.2, 0.25) is 0 Å². The summed E-state index contributed by atoms with van der Waals surface area (Å²) in [6, 6.07) is 4.85. The van der Waals surface area contributed by atoms with Crippen LogP contribution in [0.3, 0.4) is 0 Å². The van der Waals surface area contributed by atoms with Crippen LogP contribution in [0.15, 0.2) is 18.2 Å². The van der Waals surface area contributed by atoms with Gasteiger partial charge in [0.05, 0.1) is 30.6 Å². The minimum atomic E-state index is -0.433. The van der Waals surface area contributed by atoms with E-state index < -0.39 is 5.97 Å². The summed E-state index contributed by atoms with van der Waals surface area (Å²) < 4.78 is 4.63. The number of nitrogens with two attached hydrogens (primary N) is 1. The Balaban J connectivity index is 1.93. The van der Waals surface area contributed by atoms with Crippen molar-refractivity contribution in [3.63, 3.8) is 0 Å². The first-order chi connectivity index (χ1) is 10.1. The topological polar surface area (TPSA) is 84.7 Å². The van der Waals surface area contributed by atoms with E-state index in [1.807, 2.05) is 4.90 Å². The van der Waals surface area contributed by atoms with Crippen molar-refractivity contribution < 1.29 is 14.3 Å². The summed E-state index contributed by atoms with van der Waals surface area (Å²) in [7, 11) is 1.32. The Labute approximate surface area is 124 Å². The molecule has 0 bridgehead atoms. The van der Waals surface area contributed by atoms with E-state index in [9.17, 15) is 9.59 Å². The van der Waals surface area contributed by atoms with Crippen molar-refractivity contribution in [2.75, 3.05) is 37.8 Å². The molecule has 1 fully saturated rings. The van der Waals surface area contributed by atoms with Gasteiger partial charge in [-0.1, -0.05) is 0 Å². The molecule has 6 nitrogen and oxygen atoms in total. The molecule has 1 aliphatic rings. The summed E-state index contributed by atoms with van der Waals surface area (Å²) in [6.45, 7) is 1.87. The van der Waals surface area contributed by atoms with Crippen LogP contribution >= 0.6 is 0 Å². The fourth-order valence-corrected chi connectivity index (χ4v) is 2.39. The average molecular weight is 291 g/mol. The lowest BCUT2D eigenvalue weighted by Gasteiger charge is -2.27. The van der Waals surface area contributed by atoms with Crippen LogP contribution in [0.5, 0.6) is 0 Å². The number of nitrogen functional groups attached to an aromatic ring is 1. The third-order valence-electron chi connectivity index (χ3n) is 3.61. The van der Waals surface area contributed by atoms with Gasteiger partial charge in [-0.3, -0.25) is 4.79 Å². The van der Waals surface area contributed by atoms with Crippen molar-refractivity contribution in [3.05, 3.63) is 23.8 Å². The van der Waals surface area contributed by atoms with Gasteiger partial charge in [0.1, 0.15) is 0 Å². The highest BCUT2D eigenvalue weighted by Crippen LogP contribution is 2.20. The van der Waals surface area contributed by atoms with Gasteiger partial charge < -0.3 is 20.7 Å². The Morgan fingerprint density at radius 3 is 2.62 bits per heavy atom. The fraction of sp³-hybridized carbons (Fsp3) is 0.467. The number of nitrogens with zero attached hydrogens (tertiary/aromatic N) is 1. The molecule has 1 heterocycles. The molecule has 2 rings (SSSR count). The Hall–Kier alpha value is -2.24. The number of carbonyl (C=O) groups is 2. The zero-order valence-electron chi connectivity index (χ0n) is 12.2. The molecule has 0 spiro atoms. The molecule has 1 saturated heterocycles. The maximum atomic E-state index is 12.1. The number of benzene rings is 1. The SMILES string of the molecule is COC(=O)c1ccc(NCC(=O)N2CCCCC2)c(N)c1. The summed E-state index contributed by atoms with van der Waals surface area (Å²) in [5, 5.41) is 3.03. The molecule has 0 atom stereocenters. The second-order valence-electron chi connectivity index (χ2n) is 5.09. The first-order valence-corrected chi connectivity index (χ1v) is 7.11. The first-order valence-electron chi connectivity index (χ1n) is 7.11. The zero-order chi connectivity index (χ0) is 15.2. The number of likely N-dealkylation sites (tertiary alicyclic amines) is 1. The highest BCUT2D eigenvalue weighted by Gasteiger charge is 2.16. The fourth-order valence-electron chi connectivity index (χ4n) is 2.39. The Bertz CT molecular complexity index is 525. The normalized spacial score (nSPS) is 14.6. The lowest BCUT2D eigenvalue weighted by Crippen LogP contribution is -2.39. The molecule has 21 heavy (non-hydrogen) atoms. The highest BCUT2D eigenvalue weighted by molar-refractivity contribution is 5.92. The molecule has 0 radical (unpaired) electrons. The minimum absolute atomic E-state index is 0.0751. The second kappa shape index (κ2) is 6.97. The van der Waals surface area contributed by atoms with Crippen molar-refractivity contribution in [2.45, 2.75) is 19.3 Å². The molecule has 0 saturated carbocycles. The number of amides is 1. The maximum Gasteiger partial charge on any atom is 0.337 e. The molecule has 1 amide bonds. The molecule has 3 N–H and O–H groups in total. The van der Waals surface area contributed by atoms with Crippen molar-refractivity contribution >= 4 is 23.3 Å². The molecule has 0 aromatic heterocycles. The number of hydrogen-bond donors (Lipinski definition) is 2. The number of rotatable bonds is 4. The van der Waals surface area contributed by atoms with E-state index in [1.54, 1.807) is 18.2 Å². The molecule has 1 aliphatic heterocycles. The van der Waals surface area contributed by atoms with Gasteiger partial charge >= 0.3 is 5.97 Å². The third-order valence-corrected chi connectivity index (χ3v) is 3.61.